The van der Waals surface area contributed by atoms with E-state index in [0.29, 0.717) is 11.1 Å². The molecule has 2 unspecified atom stereocenters. The summed E-state index contributed by atoms with van der Waals surface area (Å²) in [4.78, 5) is 13.1. The van der Waals surface area contributed by atoms with E-state index in [1.807, 2.05) is 0 Å². The molecule has 0 heterocycles. The van der Waals surface area contributed by atoms with Crippen LogP contribution in [0.3, 0.4) is 0 Å². The summed E-state index contributed by atoms with van der Waals surface area (Å²) < 4.78 is 48.2. The first-order valence-corrected chi connectivity index (χ1v) is 12.2. The van der Waals surface area contributed by atoms with Crippen LogP contribution in [0.1, 0.15) is 30.1 Å². The Morgan fingerprint density at radius 3 is 1.89 bits per heavy atom. The summed E-state index contributed by atoms with van der Waals surface area (Å²) in [5.74, 6) is -0.473. The molecule has 0 aromatic heterocycles. The van der Waals surface area contributed by atoms with Crippen molar-refractivity contribution in [2.75, 3.05) is 19.6 Å². The maximum absolute atomic E-state index is 12.9. The Balaban J connectivity index is 2.28. The van der Waals surface area contributed by atoms with Gasteiger partial charge in [-0.2, -0.15) is 4.31 Å². The number of likely N-dealkylation sites (N-methyl/N-ethyl adjacent to an activating group) is 1. The van der Waals surface area contributed by atoms with Gasteiger partial charge in [-0.25, -0.2) is 16.8 Å². The number of amides is 1. The van der Waals surface area contributed by atoms with E-state index in [-0.39, 0.29) is 4.90 Å². The maximum Gasteiger partial charge on any atom is 0.243 e. The van der Waals surface area contributed by atoms with Crippen molar-refractivity contribution in [1.29, 1.82) is 0 Å². The zero-order chi connectivity index (χ0) is 21.1. The second-order valence-electron chi connectivity index (χ2n) is 6.66. The highest BCUT2D eigenvalue weighted by Crippen LogP contribution is 2.24. The molecule has 1 amide bonds. The van der Waals surface area contributed by atoms with Crippen LogP contribution in [0.25, 0.3) is 0 Å². The van der Waals surface area contributed by atoms with Crippen molar-refractivity contribution in [2.45, 2.75) is 23.9 Å². The molecule has 2 aromatic carbocycles. The number of sulfonamides is 1. The molecule has 7 nitrogen and oxygen atoms in total. The Morgan fingerprint density at radius 2 is 1.43 bits per heavy atom. The van der Waals surface area contributed by atoms with Crippen molar-refractivity contribution in [3.8, 4) is 0 Å². The molecule has 0 radical (unpaired) electrons. The third-order valence-corrected chi connectivity index (χ3v) is 6.80. The molecule has 152 valence electrons. The molecule has 0 aliphatic heterocycles. The second kappa shape index (κ2) is 8.42. The highest BCUT2D eigenvalue weighted by Gasteiger charge is 2.31. The normalized spacial score (nSPS) is 14.5. The van der Waals surface area contributed by atoms with E-state index in [2.05, 4.69) is 5.32 Å². The fourth-order valence-electron chi connectivity index (χ4n) is 2.73. The molecule has 2 atom stereocenters. The number of benzene rings is 2. The fraction of sp³-hybridized carbons (Fsp3) is 0.316. The SMILES string of the molecule is CC(NC(=O)C(c1ccccc1)N(C)S(C)(=O)=O)c1ccc(S(C)(=O)=O)cc1. The van der Waals surface area contributed by atoms with Gasteiger partial charge in [-0.15, -0.1) is 0 Å². The average Bonchev–Trinajstić information content (AvgIpc) is 2.61. The van der Waals surface area contributed by atoms with Crippen LogP contribution in [0.2, 0.25) is 0 Å². The van der Waals surface area contributed by atoms with Gasteiger partial charge in [0.1, 0.15) is 6.04 Å². The number of nitrogens with one attached hydrogen (secondary N) is 1. The molecule has 28 heavy (non-hydrogen) atoms. The Bertz CT molecular complexity index is 1030. The topological polar surface area (TPSA) is 101 Å². The number of rotatable bonds is 7. The van der Waals surface area contributed by atoms with Gasteiger partial charge in [-0.3, -0.25) is 4.79 Å². The molecule has 0 fully saturated rings. The minimum Gasteiger partial charge on any atom is -0.348 e. The van der Waals surface area contributed by atoms with Gasteiger partial charge in [0.15, 0.2) is 9.84 Å². The first kappa shape index (κ1) is 22.1. The van der Waals surface area contributed by atoms with Crippen LogP contribution >= 0.6 is 0 Å². The van der Waals surface area contributed by atoms with Crippen LogP contribution in [0.4, 0.5) is 0 Å². The predicted octanol–water partition coefficient (Wildman–Crippen LogP) is 1.90. The Kier molecular flexibility index (Phi) is 6.63. The smallest absolute Gasteiger partial charge is 0.243 e. The molecule has 0 bridgehead atoms. The van der Waals surface area contributed by atoms with Gasteiger partial charge in [0.2, 0.25) is 15.9 Å². The zero-order valence-electron chi connectivity index (χ0n) is 16.2. The lowest BCUT2D eigenvalue weighted by Crippen LogP contribution is -2.42. The minimum absolute atomic E-state index is 0.189. The summed E-state index contributed by atoms with van der Waals surface area (Å²) in [5, 5.41) is 2.81. The van der Waals surface area contributed by atoms with Gasteiger partial charge in [0, 0.05) is 13.3 Å². The van der Waals surface area contributed by atoms with Gasteiger partial charge in [0.05, 0.1) is 17.2 Å². The molecule has 0 saturated heterocycles. The van der Waals surface area contributed by atoms with Crippen LogP contribution in [0.15, 0.2) is 59.5 Å². The lowest BCUT2D eigenvalue weighted by molar-refractivity contribution is -0.125. The van der Waals surface area contributed by atoms with Gasteiger partial charge < -0.3 is 5.32 Å². The summed E-state index contributed by atoms with van der Waals surface area (Å²) >= 11 is 0. The van der Waals surface area contributed by atoms with Gasteiger partial charge in [0.25, 0.3) is 0 Å². The summed E-state index contributed by atoms with van der Waals surface area (Å²) in [7, 11) is -5.56. The van der Waals surface area contributed by atoms with Crippen LogP contribution in [0, 0.1) is 0 Å². The zero-order valence-corrected chi connectivity index (χ0v) is 17.8. The number of carbonyl (C=O) groups excluding carboxylic acids is 1. The molecular formula is C19H24N2O5S2. The second-order valence-corrected chi connectivity index (χ2v) is 10.7. The molecular weight excluding hydrogens is 400 g/mol. The van der Waals surface area contributed by atoms with Crippen molar-refractivity contribution in [3.05, 3.63) is 65.7 Å². The molecule has 9 heteroatoms. The van der Waals surface area contributed by atoms with Gasteiger partial charge in [-0.05, 0) is 30.2 Å². The van der Waals surface area contributed by atoms with E-state index in [9.17, 15) is 21.6 Å². The number of sulfone groups is 1. The standard InChI is InChI=1S/C19H24N2O5S2/c1-14(15-10-12-17(13-11-15)27(3,23)24)20-19(22)18(21(2)28(4,25)26)16-8-6-5-7-9-16/h5-14,18H,1-4H3,(H,20,22). The predicted molar refractivity (Wildman–Crippen MR) is 108 cm³/mol. The number of hydrogen-bond donors (Lipinski definition) is 1. The average molecular weight is 425 g/mol. The van der Waals surface area contributed by atoms with Gasteiger partial charge in [-0.1, -0.05) is 42.5 Å². The Hall–Kier alpha value is -2.23. The monoisotopic (exact) mass is 424 g/mol. The summed E-state index contributed by atoms with van der Waals surface area (Å²) in [6, 6.07) is 13.4. The minimum atomic E-state index is -3.61. The van der Waals surface area contributed by atoms with Crippen molar-refractivity contribution in [3.63, 3.8) is 0 Å². The van der Waals surface area contributed by atoms with Crippen LogP contribution in [0.5, 0.6) is 0 Å². The molecule has 2 rings (SSSR count). The molecule has 0 aliphatic rings. The van der Waals surface area contributed by atoms with Crippen LogP contribution in [-0.2, 0) is 24.7 Å². The maximum atomic E-state index is 12.9. The quantitative estimate of drug-likeness (QED) is 0.732. The highest BCUT2D eigenvalue weighted by atomic mass is 32.2. The van der Waals surface area contributed by atoms with E-state index >= 15 is 0 Å². The van der Waals surface area contributed by atoms with E-state index in [4.69, 9.17) is 0 Å². The third kappa shape index (κ3) is 5.40. The Morgan fingerprint density at radius 1 is 0.893 bits per heavy atom. The summed E-state index contributed by atoms with van der Waals surface area (Å²) in [6.45, 7) is 1.75. The van der Waals surface area contributed by atoms with Crippen molar-refractivity contribution in [1.82, 2.24) is 9.62 Å². The van der Waals surface area contributed by atoms with Gasteiger partial charge >= 0.3 is 0 Å². The van der Waals surface area contributed by atoms with Crippen molar-refractivity contribution in [2.24, 2.45) is 0 Å². The molecule has 1 N–H and O–H groups in total. The largest absolute Gasteiger partial charge is 0.348 e. The van der Waals surface area contributed by atoms with Crippen molar-refractivity contribution < 1.29 is 21.6 Å². The first-order chi connectivity index (χ1) is 12.9. The summed E-state index contributed by atoms with van der Waals surface area (Å²) in [5.41, 5.74) is 1.25. The molecule has 0 spiro atoms. The van der Waals surface area contributed by atoms with Crippen molar-refractivity contribution >= 4 is 25.8 Å². The lowest BCUT2D eigenvalue weighted by Gasteiger charge is -2.27. The molecule has 0 aliphatic carbocycles. The highest BCUT2D eigenvalue weighted by molar-refractivity contribution is 7.90. The fourth-order valence-corrected chi connectivity index (χ4v) is 3.96. The third-order valence-electron chi connectivity index (χ3n) is 4.42. The summed E-state index contributed by atoms with van der Waals surface area (Å²) in [6.07, 6.45) is 2.17. The number of nitrogens with zero attached hydrogens (tertiary/aromatic N) is 1. The molecule has 0 saturated carbocycles. The van der Waals surface area contributed by atoms with E-state index < -0.39 is 37.9 Å². The van der Waals surface area contributed by atoms with E-state index in [1.54, 1.807) is 49.4 Å². The molecule has 2 aromatic rings. The first-order valence-electron chi connectivity index (χ1n) is 8.49. The van der Waals surface area contributed by atoms with E-state index in [1.165, 1.54) is 19.2 Å². The number of hydrogen-bond acceptors (Lipinski definition) is 5. The van der Waals surface area contributed by atoms with Crippen LogP contribution in [-0.4, -0.2) is 46.6 Å². The van der Waals surface area contributed by atoms with E-state index in [0.717, 1.165) is 16.8 Å². The Labute approximate surface area is 166 Å². The lowest BCUT2D eigenvalue weighted by atomic mass is 10.0. The number of carbonyl (C=O) groups is 1. The van der Waals surface area contributed by atoms with Crippen LogP contribution < -0.4 is 5.32 Å².